The average molecular weight is 349 g/mol. The summed E-state index contributed by atoms with van der Waals surface area (Å²) >= 11 is 0. The van der Waals surface area contributed by atoms with Gasteiger partial charge in [-0.15, -0.1) is 0 Å². The number of nitrogens with zero attached hydrogens (tertiary/aromatic N) is 3. The molecular weight excluding hydrogens is 322 g/mol. The summed E-state index contributed by atoms with van der Waals surface area (Å²) in [6.45, 7) is 4.78. The third-order valence-corrected chi connectivity index (χ3v) is 5.04. The van der Waals surface area contributed by atoms with Gasteiger partial charge in [0.1, 0.15) is 11.5 Å². The molecule has 0 radical (unpaired) electrons. The zero-order chi connectivity index (χ0) is 17.8. The number of aliphatic hydroxyl groups excluding tert-OH is 1. The van der Waals surface area contributed by atoms with Crippen molar-refractivity contribution < 1.29 is 19.4 Å². The van der Waals surface area contributed by atoms with E-state index in [-0.39, 0.29) is 18.6 Å². The molecule has 1 aromatic rings. The number of ether oxygens (including phenoxy) is 2. The Kier molecular flexibility index (Phi) is 5.78. The van der Waals surface area contributed by atoms with E-state index in [9.17, 15) is 9.90 Å². The molecule has 3 rings (SSSR count). The highest BCUT2D eigenvalue weighted by atomic mass is 16.5. The molecule has 0 spiro atoms. The van der Waals surface area contributed by atoms with Crippen LogP contribution < -0.4 is 9.47 Å². The minimum atomic E-state index is -0.492. The second-order valence-electron chi connectivity index (χ2n) is 6.74. The first kappa shape index (κ1) is 18.0. The van der Waals surface area contributed by atoms with Gasteiger partial charge in [0.2, 0.25) is 0 Å². The molecule has 25 heavy (non-hydrogen) atoms. The topological polar surface area (TPSA) is 65.5 Å². The molecule has 7 heteroatoms. The molecule has 1 amide bonds. The van der Waals surface area contributed by atoms with Crippen molar-refractivity contribution >= 4 is 5.91 Å². The molecule has 2 aliphatic heterocycles. The lowest BCUT2D eigenvalue weighted by Crippen LogP contribution is -2.52. The van der Waals surface area contributed by atoms with Gasteiger partial charge in [-0.1, -0.05) is 0 Å². The van der Waals surface area contributed by atoms with Gasteiger partial charge in [-0.05, 0) is 31.3 Å². The number of piperazine rings is 1. The first-order chi connectivity index (χ1) is 12.1. The summed E-state index contributed by atoms with van der Waals surface area (Å²) in [7, 11) is 3.71. The van der Waals surface area contributed by atoms with E-state index < -0.39 is 6.10 Å². The lowest BCUT2D eigenvalue weighted by atomic mass is 10.1. The van der Waals surface area contributed by atoms with Gasteiger partial charge in [0.05, 0.1) is 19.3 Å². The molecule has 2 aliphatic rings. The predicted molar refractivity (Wildman–Crippen MR) is 93.9 cm³/mol. The zero-order valence-corrected chi connectivity index (χ0v) is 14.9. The van der Waals surface area contributed by atoms with E-state index in [2.05, 4.69) is 16.8 Å². The molecule has 138 valence electrons. The Morgan fingerprint density at radius 2 is 1.76 bits per heavy atom. The largest absolute Gasteiger partial charge is 0.497 e. The molecule has 2 fully saturated rings. The highest BCUT2D eigenvalue weighted by Crippen LogP contribution is 2.20. The van der Waals surface area contributed by atoms with Crippen molar-refractivity contribution in [1.82, 2.24) is 14.7 Å². The summed E-state index contributed by atoms with van der Waals surface area (Å²) in [5, 5.41) is 10.4. The van der Waals surface area contributed by atoms with Crippen LogP contribution in [-0.2, 0) is 4.79 Å². The van der Waals surface area contributed by atoms with Crippen LogP contribution in [0.2, 0.25) is 0 Å². The number of rotatable bonds is 5. The highest BCUT2D eigenvalue weighted by molar-refractivity contribution is 5.78. The number of β-amino-alcohol motifs (C(OH)–C–C–N with tert-alkyl or cyclic N) is 1. The number of amides is 1. The van der Waals surface area contributed by atoms with E-state index in [0.717, 1.165) is 31.9 Å². The van der Waals surface area contributed by atoms with E-state index in [1.54, 1.807) is 36.3 Å². The first-order valence-corrected chi connectivity index (χ1v) is 8.72. The minimum Gasteiger partial charge on any atom is -0.497 e. The zero-order valence-electron chi connectivity index (χ0n) is 14.9. The Labute approximate surface area is 148 Å². The molecule has 2 heterocycles. The number of methoxy groups -OCH3 is 1. The Hall–Kier alpha value is -1.83. The Morgan fingerprint density at radius 1 is 1.12 bits per heavy atom. The van der Waals surface area contributed by atoms with Crippen LogP contribution in [0.1, 0.15) is 0 Å². The van der Waals surface area contributed by atoms with E-state index in [0.29, 0.717) is 18.8 Å². The molecule has 0 bridgehead atoms. The molecule has 0 aliphatic carbocycles. The molecule has 7 nitrogen and oxygen atoms in total. The number of aliphatic hydroxyl groups is 1. The van der Waals surface area contributed by atoms with Gasteiger partial charge < -0.3 is 24.4 Å². The van der Waals surface area contributed by atoms with Crippen LogP contribution in [0.25, 0.3) is 0 Å². The average Bonchev–Trinajstić information content (AvgIpc) is 3.02. The second-order valence-corrected chi connectivity index (χ2v) is 6.74. The molecule has 0 unspecified atom stereocenters. The maximum absolute atomic E-state index is 12.4. The number of carbonyl (C=O) groups excluding carboxylic acids is 1. The molecule has 0 saturated carbocycles. The maximum Gasteiger partial charge on any atom is 0.260 e. The smallest absolute Gasteiger partial charge is 0.260 e. The van der Waals surface area contributed by atoms with Crippen LogP contribution in [0.15, 0.2) is 24.3 Å². The molecule has 2 saturated heterocycles. The summed E-state index contributed by atoms with van der Waals surface area (Å²) < 4.78 is 10.7. The van der Waals surface area contributed by atoms with Crippen LogP contribution in [0.3, 0.4) is 0 Å². The van der Waals surface area contributed by atoms with Gasteiger partial charge >= 0.3 is 0 Å². The third-order valence-electron chi connectivity index (χ3n) is 5.04. The Morgan fingerprint density at radius 3 is 2.40 bits per heavy atom. The summed E-state index contributed by atoms with van der Waals surface area (Å²) in [5.41, 5.74) is 0. The maximum atomic E-state index is 12.4. The number of benzene rings is 1. The monoisotopic (exact) mass is 349 g/mol. The van der Waals surface area contributed by atoms with E-state index in [4.69, 9.17) is 9.47 Å². The summed E-state index contributed by atoms with van der Waals surface area (Å²) in [6, 6.07) is 7.17. The number of hydrogen-bond donors (Lipinski definition) is 1. The highest BCUT2D eigenvalue weighted by Gasteiger charge is 2.38. The van der Waals surface area contributed by atoms with Crippen LogP contribution in [0.4, 0.5) is 0 Å². The molecule has 1 aromatic carbocycles. The molecule has 1 N–H and O–H groups in total. The Balaban J connectivity index is 1.49. The lowest BCUT2D eigenvalue weighted by Gasteiger charge is -2.37. The number of hydrogen-bond acceptors (Lipinski definition) is 6. The van der Waals surface area contributed by atoms with Crippen molar-refractivity contribution in [3.05, 3.63) is 24.3 Å². The van der Waals surface area contributed by atoms with Gasteiger partial charge in [0, 0.05) is 39.3 Å². The number of likely N-dealkylation sites (tertiary alicyclic amines) is 1. The van der Waals surface area contributed by atoms with Crippen molar-refractivity contribution in [2.75, 3.05) is 60.0 Å². The minimum absolute atomic E-state index is 0.0193. The quantitative estimate of drug-likeness (QED) is 0.800. The Bertz CT molecular complexity index is 572. The third kappa shape index (κ3) is 4.42. The predicted octanol–water partition coefficient (Wildman–Crippen LogP) is -0.107. The fourth-order valence-corrected chi connectivity index (χ4v) is 3.39. The van der Waals surface area contributed by atoms with Crippen molar-refractivity contribution in [3.8, 4) is 11.5 Å². The molecule has 2 atom stereocenters. The van der Waals surface area contributed by atoms with Crippen molar-refractivity contribution in [2.45, 2.75) is 12.1 Å². The van der Waals surface area contributed by atoms with E-state index in [1.807, 2.05) is 0 Å². The lowest BCUT2D eigenvalue weighted by molar-refractivity contribution is -0.132. The van der Waals surface area contributed by atoms with Gasteiger partial charge in [-0.25, -0.2) is 0 Å². The van der Waals surface area contributed by atoms with Gasteiger partial charge in [0.15, 0.2) is 6.61 Å². The van der Waals surface area contributed by atoms with Crippen molar-refractivity contribution in [1.29, 1.82) is 0 Å². The number of likely N-dealkylation sites (N-methyl/N-ethyl adjacent to an activating group) is 1. The summed E-state index contributed by atoms with van der Waals surface area (Å²) in [4.78, 5) is 18.7. The van der Waals surface area contributed by atoms with E-state index >= 15 is 0 Å². The van der Waals surface area contributed by atoms with E-state index in [1.165, 1.54) is 0 Å². The SMILES string of the molecule is COc1ccc(OCC(=O)N2C[C@@H](O)[C@H](N3CCN(C)CC3)C2)cc1. The van der Waals surface area contributed by atoms with Crippen LogP contribution in [0, 0.1) is 0 Å². The summed E-state index contributed by atoms with van der Waals surface area (Å²) in [6.07, 6.45) is -0.492. The fraction of sp³-hybridized carbons (Fsp3) is 0.611. The molecule has 0 aromatic heterocycles. The molecular formula is C18H27N3O4. The first-order valence-electron chi connectivity index (χ1n) is 8.72. The van der Waals surface area contributed by atoms with Gasteiger partial charge in [-0.3, -0.25) is 9.69 Å². The summed E-state index contributed by atoms with van der Waals surface area (Å²) in [5.74, 6) is 1.28. The van der Waals surface area contributed by atoms with Crippen LogP contribution in [-0.4, -0.2) is 97.9 Å². The normalized spacial score (nSPS) is 25.2. The van der Waals surface area contributed by atoms with Crippen LogP contribution >= 0.6 is 0 Å². The van der Waals surface area contributed by atoms with Crippen LogP contribution in [0.5, 0.6) is 11.5 Å². The second kappa shape index (κ2) is 8.03. The fourth-order valence-electron chi connectivity index (χ4n) is 3.39. The standard InChI is InChI=1S/C18H27N3O4/c1-19-7-9-20(10-8-19)16-11-21(12-17(16)22)18(23)13-25-15-5-3-14(24-2)4-6-15/h3-6,16-17,22H,7-13H2,1-2H3/t16-,17-/m1/s1. The number of carbonyl (C=O) groups is 1. The van der Waals surface area contributed by atoms with Crippen molar-refractivity contribution in [3.63, 3.8) is 0 Å². The van der Waals surface area contributed by atoms with Crippen molar-refractivity contribution in [2.24, 2.45) is 0 Å². The van der Waals surface area contributed by atoms with Gasteiger partial charge in [0.25, 0.3) is 5.91 Å². The van der Waals surface area contributed by atoms with Gasteiger partial charge in [-0.2, -0.15) is 0 Å².